The first-order valence-corrected chi connectivity index (χ1v) is 7.50. The molecule has 1 saturated heterocycles. The standard InChI is InChI=1S/C15H21ClFN3O/c1-20(2)14(13-11(16)6-3-7-12(13)17)15(21)19-10-5-4-8-18-9-10/h3,6-7,10,14,18H,4-5,8-9H2,1-2H3,(H,19,21)/t10-,14?/m0/s1. The molecule has 116 valence electrons. The van der Waals surface area contributed by atoms with E-state index in [4.69, 9.17) is 11.6 Å². The molecule has 1 aliphatic rings. The molecule has 1 aliphatic heterocycles. The van der Waals surface area contributed by atoms with Gasteiger partial charge >= 0.3 is 0 Å². The van der Waals surface area contributed by atoms with Crippen LogP contribution in [0.15, 0.2) is 18.2 Å². The summed E-state index contributed by atoms with van der Waals surface area (Å²) in [6.45, 7) is 1.72. The van der Waals surface area contributed by atoms with Crippen LogP contribution in [0.25, 0.3) is 0 Å². The number of likely N-dealkylation sites (N-methyl/N-ethyl adjacent to an activating group) is 1. The Kier molecular flexibility index (Phi) is 5.56. The summed E-state index contributed by atoms with van der Waals surface area (Å²) >= 11 is 6.10. The van der Waals surface area contributed by atoms with E-state index in [9.17, 15) is 9.18 Å². The molecule has 1 heterocycles. The summed E-state index contributed by atoms with van der Waals surface area (Å²) in [6.07, 6.45) is 1.96. The minimum absolute atomic E-state index is 0.0826. The quantitative estimate of drug-likeness (QED) is 0.893. The first kappa shape index (κ1) is 16.2. The highest BCUT2D eigenvalue weighted by atomic mass is 35.5. The van der Waals surface area contributed by atoms with Gasteiger partial charge in [-0.3, -0.25) is 9.69 Å². The van der Waals surface area contributed by atoms with Gasteiger partial charge in [-0.2, -0.15) is 0 Å². The molecule has 1 unspecified atom stereocenters. The Morgan fingerprint density at radius 1 is 1.52 bits per heavy atom. The van der Waals surface area contributed by atoms with Gasteiger partial charge in [0.15, 0.2) is 0 Å². The van der Waals surface area contributed by atoms with Crippen molar-refractivity contribution >= 4 is 17.5 Å². The van der Waals surface area contributed by atoms with E-state index in [0.29, 0.717) is 0 Å². The normalized spacial score (nSPS) is 20.3. The summed E-state index contributed by atoms with van der Waals surface area (Å²) in [5, 5.41) is 6.50. The molecule has 2 N–H and O–H groups in total. The number of nitrogens with zero attached hydrogens (tertiary/aromatic N) is 1. The minimum atomic E-state index is -0.736. The molecule has 0 bridgehead atoms. The molecule has 2 atom stereocenters. The number of hydrogen-bond donors (Lipinski definition) is 2. The van der Waals surface area contributed by atoms with Gasteiger partial charge in [0.1, 0.15) is 11.9 Å². The molecule has 0 spiro atoms. The summed E-state index contributed by atoms with van der Waals surface area (Å²) in [6, 6.07) is 3.82. The summed E-state index contributed by atoms with van der Waals surface area (Å²) in [5.41, 5.74) is 0.227. The number of hydrogen-bond acceptors (Lipinski definition) is 3. The molecular weight excluding hydrogens is 293 g/mol. The van der Waals surface area contributed by atoms with Gasteiger partial charge < -0.3 is 10.6 Å². The zero-order valence-electron chi connectivity index (χ0n) is 12.3. The van der Waals surface area contributed by atoms with Crippen molar-refractivity contribution in [1.29, 1.82) is 0 Å². The van der Waals surface area contributed by atoms with Gasteiger partial charge in [-0.25, -0.2) is 4.39 Å². The maximum Gasteiger partial charge on any atom is 0.242 e. The van der Waals surface area contributed by atoms with Gasteiger partial charge in [0, 0.05) is 23.2 Å². The van der Waals surface area contributed by atoms with Gasteiger partial charge in [0.2, 0.25) is 5.91 Å². The Bertz CT molecular complexity index is 483. The first-order valence-electron chi connectivity index (χ1n) is 7.12. The van der Waals surface area contributed by atoms with Crippen LogP contribution >= 0.6 is 11.6 Å². The Hall–Kier alpha value is -1.17. The molecule has 0 aliphatic carbocycles. The average molecular weight is 314 g/mol. The lowest BCUT2D eigenvalue weighted by Crippen LogP contribution is -2.49. The summed E-state index contributed by atoms with van der Waals surface area (Å²) < 4.78 is 14.1. The van der Waals surface area contributed by atoms with Crippen LogP contribution in [0.2, 0.25) is 5.02 Å². The second kappa shape index (κ2) is 7.20. The van der Waals surface area contributed by atoms with Crippen molar-refractivity contribution in [3.63, 3.8) is 0 Å². The predicted octanol–water partition coefficient (Wildman–Crippen LogP) is 1.95. The number of carbonyl (C=O) groups is 1. The third kappa shape index (κ3) is 3.93. The van der Waals surface area contributed by atoms with Crippen LogP contribution in [0.3, 0.4) is 0 Å². The van der Waals surface area contributed by atoms with Crippen LogP contribution in [0, 0.1) is 5.82 Å². The van der Waals surface area contributed by atoms with Crippen molar-refractivity contribution in [3.05, 3.63) is 34.6 Å². The molecule has 1 aromatic rings. The van der Waals surface area contributed by atoms with Crippen molar-refractivity contribution in [2.45, 2.75) is 24.9 Å². The minimum Gasteiger partial charge on any atom is -0.350 e. The maximum atomic E-state index is 14.1. The van der Waals surface area contributed by atoms with E-state index in [1.807, 2.05) is 0 Å². The number of nitrogens with one attached hydrogen (secondary N) is 2. The van der Waals surface area contributed by atoms with E-state index in [2.05, 4.69) is 10.6 Å². The smallest absolute Gasteiger partial charge is 0.242 e. The van der Waals surface area contributed by atoms with E-state index in [1.54, 1.807) is 25.1 Å². The fraction of sp³-hybridized carbons (Fsp3) is 0.533. The van der Waals surface area contributed by atoms with E-state index in [1.165, 1.54) is 12.1 Å². The van der Waals surface area contributed by atoms with E-state index in [-0.39, 0.29) is 22.5 Å². The third-order valence-electron chi connectivity index (χ3n) is 3.68. The molecule has 1 aromatic carbocycles. The molecule has 1 fully saturated rings. The first-order chi connectivity index (χ1) is 10.0. The zero-order valence-corrected chi connectivity index (χ0v) is 13.1. The third-order valence-corrected chi connectivity index (χ3v) is 4.01. The summed E-state index contributed by atoms with van der Waals surface area (Å²) in [4.78, 5) is 14.2. The number of carbonyl (C=O) groups excluding carboxylic acids is 1. The molecule has 6 heteroatoms. The molecule has 0 radical (unpaired) electrons. The average Bonchev–Trinajstić information content (AvgIpc) is 2.43. The fourth-order valence-corrected chi connectivity index (χ4v) is 2.92. The van der Waals surface area contributed by atoms with Crippen LogP contribution < -0.4 is 10.6 Å². The SMILES string of the molecule is CN(C)C(C(=O)N[C@H]1CCCNC1)c1c(F)cccc1Cl. The van der Waals surface area contributed by atoms with Crippen LogP contribution in [0.4, 0.5) is 4.39 Å². The Morgan fingerprint density at radius 2 is 2.29 bits per heavy atom. The number of benzene rings is 1. The Balaban J connectivity index is 2.20. The van der Waals surface area contributed by atoms with Crippen molar-refractivity contribution in [1.82, 2.24) is 15.5 Å². The summed E-state index contributed by atoms with van der Waals surface area (Å²) in [7, 11) is 3.48. The number of piperidine rings is 1. The molecule has 21 heavy (non-hydrogen) atoms. The lowest BCUT2D eigenvalue weighted by Gasteiger charge is -2.29. The zero-order chi connectivity index (χ0) is 15.4. The van der Waals surface area contributed by atoms with Gasteiger partial charge in [-0.1, -0.05) is 17.7 Å². The van der Waals surface area contributed by atoms with Crippen LogP contribution in [-0.2, 0) is 4.79 Å². The lowest BCUT2D eigenvalue weighted by atomic mass is 10.0. The Labute approximate surface area is 129 Å². The van der Waals surface area contributed by atoms with Crippen LogP contribution in [-0.4, -0.2) is 44.0 Å². The lowest BCUT2D eigenvalue weighted by molar-refractivity contribution is -0.126. The van der Waals surface area contributed by atoms with Gasteiger partial charge in [-0.15, -0.1) is 0 Å². The highest BCUT2D eigenvalue weighted by molar-refractivity contribution is 6.31. The monoisotopic (exact) mass is 313 g/mol. The number of halogens is 2. The molecule has 1 amide bonds. The van der Waals surface area contributed by atoms with Crippen molar-refractivity contribution in [3.8, 4) is 0 Å². The largest absolute Gasteiger partial charge is 0.350 e. The molecule has 4 nitrogen and oxygen atoms in total. The number of amides is 1. The van der Waals surface area contributed by atoms with E-state index < -0.39 is 11.9 Å². The Morgan fingerprint density at radius 3 is 2.86 bits per heavy atom. The van der Waals surface area contributed by atoms with E-state index >= 15 is 0 Å². The van der Waals surface area contributed by atoms with Gasteiger partial charge in [-0.05, 0) is 45.6 Å². The van der Waals surface area contributed by atoms with Gasteiger partial charge in [0.05, 0.1) is 0 Å². The highest BCUT2D eigenvalue weighted by Crippen LogP contribution is 2.29. The molecule has 0 saturated carbocycles. The molecular formula is C15H21ClFN3O. The predicted molar refractivity (Wildman–Crippen MR) is 81.9 cm³/mol. The molecule has 2 rings (SSSR count). The van der Waals surface area contributed by atoms with Crippen molar-refractivity contribution < 1.29 is 9.18 Å². The summed E-state index contributed by atoms with van der Waals surface area (Å²) in [5.74, 6) is -0.682. The maximum absolute atomic E-state index is 14.1. The second-order valence-corrected chi connectivity index (χ2v) is 5.96. The van der Waals surface area contributed by atoms with Gasteiger partial charge in [0.25, 0.3) is 0 Å². The molecule has 0 aromatic heterocycles. The number of rotatable bonds is 4. The van der Waals surface area contributed by atoms with Crippen LogP contribution in [0.5, 0.6) is 0 Å². The highest BCUT2D eigenvalue weighted by Gasteiger charge is 2.29. The van der Waals surface area contributed by atoms with Crippen LogP contribution in [0.1, 0.15) is 24.4 Å². The fourth-order valence-electron chi connectivity index (χ4n) is 2.65. The van der Waals surface area contributed by atoms with Crippen molar-refractivity contribution in [2.75, 3.05) is 27.2 Å². The second-order valence-electron chi connectivity index (χ2n) is 5.55. The van der Waals surface area contributed by atoms with Crippen molar-refractivity contribution in [2.24, 2.45) is 0 Å². The topological polar surface area (TPSA) is 44.4 Å². The van der Waals surface area contributed by atoms with E-state index in [0.717, 1.165) is 25.9 Å².